The lowest BCUT2D eigenvalue weighted by molar-refractivity contribution is -0.138. The maximum atomic E-state index is 14.6. The van der Waals surface area contributed by atoms with Gasteiger partial charge in [-0.3, -0.25) is 9.58 Å². The summed E-state index contributed by atoms with van der Waals surface area (Å²) in [7, 11) is 0. The average Bonchev–Trinajstić information content (AvgIpc) is 3.26. The highest BCUT2D eigenvalue weighted by molar-refractivity contribution is 5.94. The van der Waals surface area contributed by atoms with Gasteiger partial charge in [-0.25, -0.2) is 13.6 Å². The minimum absolute atomic E-state index is 0.0421. The van der Waals surface area contributed by atoms with Gasteiger partial charge in [0.15, 0.2) is 0 Å². The molecule has 2 aliphatic rings. The number of para-hydroxylation sites is 1. The van der Waals surface area contributed by atoms with Crippen molar-refractivity contribution in [3.05, 3.63) is 76.9 Å². The van der Waals surface area contributed by atoms with Crippen LogP contribution in [-0.2, 0) is 25.8 Å². The van der Waals surface area contributed by atoms with Gasteiger partial charge in [0.1, 0.15) is 11.5 Å². The van der Waals surface area contributed by atoms with Crippen LogP contribution in [0.1, 0.15) is 49.1 Å². The summed E-state index contributed by atoms with van der Waals surface area (Å²) < 4.78 is 72.1. The van der Waals surface area contributed by atoms with Gasteiger partial charge in [-0.15, -0.1) is 0 Å². The van der Waals surface area contributed by atoms with Crippen molar-refractivity contribution in [1.82, 2.24) is 14.7 Å². The molecule has 0 aliphatic carbocycles. The number of anilines is 2. The van der Waals surface area contributed by atoms with Crippen molar-refractivity contribution in [1.29, 1.82) is 0 Å². The minimum Gasteiger partial charge on any atom is -0.369 e. The van der Waals surface area contributed by atoms with Crippen LogP contribution in [0, 0.1) is 12.7 Å². The van der Waals surface area contributed by atoms with E-state index in [0.717, 1.165) is 11.6 Å². The zero-order chi connectivity index (χ0) is 28.8. The molecule has 11 heteroatoms. The number of nitrogens with zero attached hydrogens (tertiary/aromatic N) is 5. The maximum Gasteiger partial charge on any atom is 0.416 e. The Morgan fingerprint density at radius 1 is 1.00 bits per heavy atom. The molecule has 0 bridgehead atoms. The molecule has 3 heterocycles. The average molecular weight is 562 g/mol. The fourth-order valence-corrected chi connectivity index (χ4v) is 5.74. The van der Waals surface area contributed by atoms with Gasteiger partial charge >= 0.3 is 12.2 Å². The van der Waals surface area contributed by atoms with Gasteiger partial charge in [-0.1, -0.05) is 30.3 Å². The summed E-state index contributed by atoms with van der Waals surface area (Å²) in [6.07, 6.45) is -2.07. The van der Waals surface area contributed by atoms with E-state index in [1.165, 1.54) is 53.9 Å². The highest BCUT2D eigenvalue weighted by atomic mass is 19.4. The second-order valence-electron chi connectivity index (χ2n) is 11.1. The number of fused-ring (bicyclic) bond motifs is 1. The number of carbonyl (C=O) groups is 1. The third kappa shape index (κ3) is 5.51. The van der Waals surface area contributed by atoms with Gasteiger partial charge in [0.2, 0.25) is 0 Å². The number of carbonyl (C=O) groups excluding carboxylic acids is 1. The Morgan fingerprint density at radius 2 is 1.70 bits per heavy atom. The molecule has 40 heavy (non-hydrogen) atoms. The summed E-state index contributed by atoms with van der Waals surface area (Å²) in [4.78, 5) is 18.8. The molecule has 1 aromatic heterocycles. The molecule has 2 aromatic carbocycles. The molecule has 2 amide bonds. The van der Waals surface area contributed by atoms with Gasteiger partial charge in [0, 0.05) is 19.1 Å². The van der Waals surface area contributed by atoms with E-state index in [4.69, 9.17) is 0 Å². The van der Waals surface area contributed by atoms with Gasteiger partial charge in [0.05, 0.1) is 48.5 Å². The highest BCUT2D eigenvalue weighted by Crippen LogP contribution is 2.38. The molecule has 6 nitrogen and oxygen atoms in total. The fraction of sp³-hybridized carbons (Fsp3) is 0.448. The topological polar surface area (TPSA) is 44.6 Å². The van der Waals surface area contributed by atoms with Crippen molar-refractivity contribution < 1.29 is 26.7 Å². The number of aryl methyl sites for hydroxylation is 1. The van der Waals surface area contributed by atoms with Crippen molar-refractivity contribution in [2.24, 2.45) is 0 Å². The van der Waals surface area contributed by atoms with E-state index in [-0.39, 0.29) is 37.1 Å². The zero-order valence-electron chi connectivity index (χ0n) is 22.7. The van der Waals surface area contributed by atoms with E-state index >= 15 is 0 Å². The first-order chi connectivity index (χ1) is 18.8. The molecule has 1 saturated heterocycles. The lowest BCUT2D eigenvalue weighted by atomic mass is 10.00. The summed E-state index contributed by atoms with van der Waals surface area (Å²) in [5.41, 5.74) is -0.134. The molecular formula is C29H32F5N5O. The summed E-state index contributed by atoms with van der Waals surface area (Å²) >= 11 is 0. The summed E-state index contributed by atoms with van der Waals surface area (Å²) in [5.74, 6) is -0.301. The molecule has 0 spiro atoms. The van der Waals surface area contributed by atoms with Crippen LogP contribution in [0.5, 0.6) is 0 Å². The highest BCUT2D eigenvalue weighted by Gasteiger charge is 2.40. The number of aromatic nitrogens is 2. The van der Waals surface area contributed by atoms with Crippen molar-refractivity contribution in [2.45, 2.75) is 71.1 Å². The van der Waals surface area contributed by atoms with Gasteiger partial charge < -0.3 is 9.80 Å². The molecular weight excluding hydrogens is 529 g/mol. The Bertz CT molecular complexity index is 1370. The van der Waals surface area contributed by atoms with Crippen molar-refractivity contribution >= 4 is 17.4 Å². The zero-order valence-corrected chi connectivity index (χ0v) is 22.7. The molecule has 0 saturated carbocycles. The van der Waals surface area contributed by atoms with E-state index in [0.29, 0.717) is 43.0 Å². The molecule has 1 fully saturated rings. The number of alkyl halides is 4. The number of rotatable bonds is 6. The van der Waals surface area contributed by atoms with Crippen LogP contribution in [0.15, 0.2) is 48.7 Å². The lowest BCUT2D eigenvalue weighted by Gasteiger charge is -2.44. The number of halogens is 5. The van der Waals surface area contributed by atoms with Crippen LogP contribution in [0.4, 0.5) is 38.1 Å². The third-order valence-electron chi connectivity index (χ3n) is 7.60. The molecule has 0 radical (unpaired) electrons. The first-order valence-corrected chi connectivity index (χ1v) is 13.3. The molecule has 0 N–H and O–H groups in total. The fourth-order valence-electron chi connectivity index (χ4n) is 5.74. The van der Waals surface area contributed by atoms with Crippen LogP contribution in [-0.4, -0.2) is 45.5 Å². The largest absolute Gasteiger partial charge is 0.416 e. The second kappa shape index (κ2) is 10.4. The Morgan fingerprint density at radius 3 is 2.35 bits per heavy atom. The Hall–Kier alpha value is -3.63. The monoisotopic (exact) mass is 561 g/mol. The summed E-state index contributed by atoms with van der Waals surface area (Å²) in [6.45, 7) is 5.50. The molecule has 0 atom stereocenters. The molecule has 5 rings (SSSR count). The number of piperidine rings is 1. The first kappa shape index (κ1) is 27.9. The standard InChI is InChI=1S/C29H32F5N5O/c1-19-7-6-10-23(30)26(19)36-13-11-21(12-14-36)37-17-25-24(15-35-39(25)18-28(2,3)31)38(27(37)40)16-20-8-4-5-9-22(20)29(32,33)34/h4-10,15,21H,11-14,16-18H2,1-3H3. The smallest absolute Gasteiger partial charge is 0.369 e. The van der Waals surface area contributed by atoms with Crippen LogP contribution < -0.4 is 9.80 Å². The summed E-state index contributed by atoms with van der Waals surface area (Å²) in [6, 6.07) is 9.46. The van der Waals surface area contributed by atoms with Crippen LogP contribution in [0.2, 0.25) is 0 Å². The molecule has 214 valence electrons. The number of hydrogen-bond acceptors (Lipinski definition) is 3. The number of urea groups is 1. The summed E-state index contributed by atoms with van der Waals surface area (Å²) in [5, 5.41) is 4.32. The maximum absolute atomic E-state index is 14.6. The first-order valence-electron chi connectivity index (χ1n) is 13.3. The quantitative estimate of drug-likeness (QED) is 0.315. The third-order valence-corrected chi connectivity index (χ3v) is 7.60. The van der Waals surface area contributed by atoms with E-state index in [9.17, 15) is 26.7 Å². The Balaban J connectivity index is 1.45. The predicted octanol–water partition coefficient (Wildman–Crippen LogP) is 6.71. The van der Waals surface area contributed by atoms with Gasteiger partial charge in [-0.2, -0.15) is 18.3 Å². The minimum atomic E-state index is -4.59. The Kier molecular flexibility index (Phi) is 7.26. The van der Waals surface area contributed by atoms with Crippen LogP contribution in [0.3, 0.4) is 0 Å². The van der Waals surface area contributed by atoms with Gasteiger partial charge in [0.25, 0.3) is 0 Å². The molecule has 3 aromatic rings. The number of amides is 2. The van der Waals surface area contributed by atoms with Gasteiger partial charge in [-0.05, 0) is 56.9 Å². The number of hydrogen-bond donors (Lipinski definition) is 0. The van der Waals surface area contributed by atoms with E-state index in [2.05, 4.69) is 5.10 Å². The SMILES string of the molecule is Cc1cccc(F)c1N1CCC(N2Cc3c(cnn3CC(C)(C)F)N(Cc3ccccc3C(F)(F)F)C2=O)CC1. The van der Waals surface area contributed by atoms with E-state index in [1.54, 1.807) is 11.0 Å². The lowest BCUT2D eigenvalue weighted by Crippen LogP contribution is -2.54. The molecule has 2 aliphatic heterocycles. The predicted molar refractivity (Wildman–Crippen MR) is 142 cm³/mol. The van der Waals surface area contributed by atoms with Crippen molar-refractivity contribution in [2.75, 3.05) is 22.9 Å². The van der Waals surface area contributed by atoms with Crippen molar-refractivity contribution in [3.63, 3.8) is 0 Å². The normalized spacial score (nSPS) is 17.0. The van der Waals surface area contributed by atoms with Crippen LogP contribution in [0.25, 0.3) is 0 Å². The van der Waals surface area contributed by atoms with Crippen molar-refractivity contribution in [3.8, 4) is 0 Å². The Labute approximate surface area is 230 Å². The van der Waals surface area contributed by atoms with E-state index in [1.807, 2.05) is 17.9 Å². The number of benzene rings is 2. The van der Waals surface area contributed by atoms with Crippen LogP contribution >= 0.6 is 0 Å². The molecule has 0 unspecified atom stereocenters. The van der Waals surface area contributed by atoms with E-state index < -0.39 is 23.4 Å². The second-order valence-corrected chi connectivity index (χ2v) is 11.1.